The molecule has 0 heterocycles. The molecule has 1 aromatic carbocycles. The molecule has 25 heteroatoms. The first-order valence-corrected chi connectivity index (χ1v) is 19.4. The van der Waals surface area contributed by atoms with E-state index < -0.39 is 104 Å². The zero-order valence-corrected chi connectivity index (χ0v) is 32.6. The number of hydroxylamine groups is 1. The number of rotatable bonds is 24. The second-order valence-corrected chi connectivity index (χ2v) is 18.7. The zero-order valence-electron chi connectivity index (χ0n) is 31.6. The van der Waals surface area contributed by atoms with Crippen LogP contribution in [0.25, 0.3) is 0 Å². The molecule has 7 nitrogen and oxygen atoms in total. The lowest BCUT2D eigenvalue weighted by Gasteiger charge is -2.44. The number of nitrogens with one attached hydrogen (secondary N) is 1. The molecule has 59 heavy (non-hydrogen) atoms. The van der Waals surface area contributed by atoms with Gasteiger partial charge < -0.3 is 19.0 Å². The van der Waals surface area contributed by atoms with E-state index in [4.69, 9.17) is 19.1 Å². The Morgan fingerprint density at radius 3 is 1.64 bits per heavy atom. The van der Waals surface area contributed by atoms with Gasteiger partial charge in [0.15, 0.2) is 8.32 Å². The maximum absolute atomic E-state index is 14.9. The van der Waals surface area contributed by atoms with Crippen molar-refractivity contribution in [2.45, 2.75) is 124 Å². The van der Waals surface area contributed by atoms with Gasteiger partial charge in [-0.3, -0.25) is 10.0 Å². The third kappa shape index (κ3) is 11.0. The topological polar surface area (TPSA) is 97.3 Å². The molecular formula is C34H42F17NO6Si. The van der Waals surface area contributed by atoms with Crippen molar-refractivity contribution in [2.24, 2.45) is 0 Å². The van der Waals surface area contributed by atoms with E-state index in [1.807, 2.05) is 0 Å². The molecule has 0 saturated heterocycles. The van der Waals surface area contributed by atoms with Crippen LogP contribution < -0.4 is 10.2 Å². The van der Waals surface area contributed by atoms with Gasteiger partial charge in [0, 0.05) is 19.6 Å². The second-order valence-electron chi connectivity index (χ2n) is 13.7. The van der Waals surface area contributed by atoms with Gasteiger partial charge in [-0.1, -0.05) is 58.1 Å². The van der Waals surface area contributed by atoms with Gasteiger partial charge in [-0.05, 0) is 47.7 Å². The van der Waals surface area contributed by atoms with Crippen LogP contribution in [0.2, 0.25) is 17.1 Å². The van der Waals surface area contributed by atoms with Gasteiger partial charge in [0.2, 0.25) is 0 Å². The van der Waals surface area contributed by atoms with E-state index in [0.29, 0.717) is 18.4 Å². The van der Waals surface area contributed by atoms with Crippen LogP contribution in [-0.4, -0.2) is 98.6 Å². The third-order valence-electron chi connectivity index (χ3n) is 9.39. The SMILES string of the molecule is CO[C@H](CC/C=C/C=C/C(=O)NO)[C@H](O)c1ccc(OCCO[Si](CCC(F)(F)C(F)(F)C(F)(F)C(F)(F)C(F)(F)C(F)(F)C(F)(F)C(F)(F)F)(C(C)C)C(C)C)cc1. The summed E-state index contributed by atoms with van der Waals surface area (Å²) in [4.78, 5) is 10.9. The minimum atomic E-state index is -8.69. The van der Waals surface area contributed by atoms with Crippen LogP contribution in [0.5, 0.6) is 5.75 Å². The summed E-state index contributed by atoms with van der Waals surface area (Å²) in [5.41, 5.74) is 0.0449. The Bertz CT molecular complexity index is 1550. The lowest BCUT2D eigenvalue weighted by atomic mass is 9.88. The van der Waals surface area contributed by atoms with Crippen LogP contribution in [0.1, 0.15) is 58.6 Å². The standard InChI is InChI=1S/C34H42F17NO6Si/c1-20(2)59(21(3)4,58-18-17-57-23-14-12-22(13-15-23)26(54)24(56-5)10-8-6-7-9-11-25(53)52-55)19-16-27(35,36)28(37,38)29(39,40)30(41,42)31(43,44)32(45,46)33(47,48)34(49,50)51/h6-7,9,11-15,20-21,24,26,54-55H,8,10,16-19H2,1-5H3,(H,52,53)/b7-6+,11-9+/t24-,26-/m1/s1. The average molecular weight is 912 g/mol. The third-order valence-corrected chi connectivity index (χ3v) is 15.1. The predicted molar refractivity (Wildman–Crippen MR) is 177 cm³/mol. The Morgan fingerprint density at radius 2 is 1.20 bits per heavy atom. The summed E-state index contributed by atoms with van der Waals surface area (Å²) in [7, 11) is -2.61. The first-order valence-electron chi connectivity index (χ1n) is 17.2. The van der Waals surface area contributed by atoms with Crippen molar-refractivity contribution in [3.8, 4) is 5.75 Å². The lowest BCUT2D eigenvalue weighted by Crippen LogP contribution is -2.74. The highest BCUT2D eigenvalue weighted by atomic mass is 28.4. The summed E-state index contributed by atoms with van der Waals surface area (Å²) in [5.74, 6) is -57.3. The van der Waals surface area contributed by atoms with E-state index in [2.05, 4.69) is 0 Å². The molecule has 0 aromatic heterocycles. The largest absolute Gasteiger partial charge is 0.491 e. The molecule has 0 unspecified atom stereocenters. The quantitative estimate of drug-likeness (QED) is 0.0182. The smallest absolute Gasteiger partial charge is 0.460 e. The number of methoxy groups -OCH3 is 1. The normalized spacial score (nSPS) is 15.8. The van der Waals surface area contributed by atoms with Gasteiger partial charge >= 0.3 is 47.6 Å². The van der Waals surface area contributed by atoms with Crippen molar-refractivity contribution in [1.29, 1.82) is 0 Å². The summed E-state index contributed by atoms with van der Waals surface area (Å²) >= 11 is 0. The molecule has 1 rings (SSSR count). The molecule has 1 aromatic rings. The Labute approximate surface area is 327 Å². The summed E-state index contributed by atoms with van der Waals surface area (Å²) in [6.45, 7) is 4.38. The van der Waals surface area contributed by atoms with Gasteiger partial charge in [0.05, 0.1) is 12.7 Å². The minimum absolute atomic E-state index is 0.145. The van der Waals surface area contributed by atoms with Crippen LogP contribution in [0, 0.1) is 0 Å². The lowest BCUT2D eigenvalue weighted by molar-refractivity contribution is -0.461. The summed E-state index contributed by atoms with van der Waals surface area (Å²) in [6, 6.07) is 4.35. The number of ether oxygens (including phenoxy) is 2. The maximum Gasteiger partial charge on any atom is 0.460 e. The maximum atomic E-state index is 14.9. The van der Waals surface area contributed by atoms with Crippen LogP contribution in [0.4, 0.5) is 74.6 Å². The Morgan fingerprint density at radius 1 is 0.729 bits per heavy atom. The molecule has 0 aliphatic carbocycles. The predicted octanol–water partition coefficient (Wildman–Crippen LogP) is 10.7. The van der Waals surface area contributed by atoms with Gasteiger partial charge in [-0.25, -0.2) is 5.48 Å². The van der Waals surface area contributed by atoms with E-state index in [1.165, 1.54) is 76.7 Å². The Hall–Kier alpha value is -3.16. The molecule has 3 N–H and O–H groups in total. The fourth-order valence-electron chi connectivity index (χ4n) is 5.74. The summed E-state index contributed by atoms with van der Waals surface area (Å²) < 4.78 is 251. The number of amides is 1. The van der Waals surface area contributed by atoms with E-state index in [-0.39, 0.29) is 12.4 Å². The molecular weight excluding hydrogens is 869 g/mol. The highest BCUT2D eigenvalue weighted by molar-refractivity contribution is 6.76. The van der Waals surface area contributed by atoms with Crippen molar-refractivity contribution in [1.82, 2.24) is 5.48 Å². The molecule has 0 radical (unpaired) electrons. The highest BCUT2D eigenvalue weighted by Gasteiger charge is 2.95. The van der Waals surface area contributed by atoms with Gasteiger partial charge in [0.25, 0.3) is 5.91 Å². The fourth-order valence-corrected chi connectivity index (χ4v) is 10.2. The van der Waals surface area contributed by atoms with E-state index in [1.54, 1.807) is 6.08 Å². The van der Waals surface area contributed by atoms with Gasteiger partial charge in [0.1, 0.15) is 18.5 Å². The Balaban J connectivity index is 3.14. The number of hydrogen-bond acceptors (Lipinski definition) is 6. The molecule has 0 spiro atoms. The summed E-state index contributed by atoms with van der Waals surface area (Å²) in [6.07, 6.45) is -5.91. The van der Waals surface area contributed by atoms with E-state index in [9.17, 15) is 84.5 Å². The number of alkyl halides is 17. The zero-order chi connectivity index (χ0) is 46.3. The van der Waals surface area contributed by atoms with Crippen molar-refractivity contribution in [3.63, 3.8) is 0 Å². The fraction of sp³-hybridized carbons (Fsp3) is 0.676. The molecule has 342 valence electrons. The van der Waals surface area contributed by atoms with E-state index in [0.717, 1.165) is 6.08 Å². The summed E-state index contributed by atoms with van der Waals surface area (Å²) in [5, 5.41) is 19.2. The van der Waals surface area contributed by atoms with Gasteiger partial charge in [-0.15, -0.1) is 0 Å². The number of allylic oxidation sites excluding steroid dienone is 3. The number of benzene rings is 1. The monoisotopic (exact) mass is 911 g/mol. The van der Waals surface area contributed by atoms with Crippen molar-refractivity contribution >= 4 is 14.2 Å². The van der Waals surface area contributed by atoms with Crippen molar-refractivity contribution < 1.29 is 104 Å². The number of aliphatic hydroxyl groups excluding tert-OH is 1. The molecule has 2 atom stereocenters. The van der Waals surface area contributed by atoms with Crippen LogP contribution >= 0.6 is 0 Å². The first kappa shape index (κ1) is 53.9. The molecule has 1 amide bonds. The number of carbonyl (C=O) groups excluding carboxylic acids is 1. The molecule has 0 fully saturated rings. The second kappa shape index (κ2) is 19.7. The number of carbonyl (C=O) groups is 1. The van der Waals surface area contributed by atoms with Gasteiger partial charge in [-0.2, -0.15) is 74.6 Å². The molecule has 0 aliphatic rings. The molecule has 0 saturated carbocycles. The van der Waals surface area contributed by atoms with Crippen LogP contribution in [-0.2, 0) is 14.0 Å². The van der Waals surface area contributed by atoms with Crippen molar-refractivity contribution in [3.05, 3.63) is 54.1 Å². The highest BCUT2D eigenvalue weighted by Crippen LogP contribution is 2.64. The van der Waals surface area contributed by atoms with Crippen LogP contribution in [0.15, 0.2) is 48.6 Å². The number of aliphatic hydroxyl groups is 1. The number of hydrogen-bond donors (Lipinski definition) is 3. The molecule has 0 bridgehead atoms. The Kier molecular flexibility index (Phi) is 18.0. The van der Waals surface area contributed by atoms with Crippen LogP contribution in [0.3, 0.4) is 0 Å². The molecule has 0 aliphatic heterocycles. The average Bonchev–Trinajstić information content (AvgIpc) is 3.12. The van der Waals surface area contributed by atoms with E-state index >= 15 is 0 Å². The number of halogens is 17. The minimum Gasteiger partial charge on any atom is -0.491 e. The first-order chi connectivity index (χ1) is 26.6. The van der Waals surface area contributed by atoms with Crippen molar-refractivity contribution in [2.75, 3.05) is 20.3 Å².